The fourth-order valence-corrected chi connectivity index (χ4v) is 4.63. The van der Waals surface area contributed by atoms with Crippen LogP contribution in [0.4, 0.5) is 5.69 Å². The highest BCUT2D eigenvalue weighted by molar-refractivity contribution is 9.10. The number of anilines is 1. The topological polar surface area (TPSA) is 29.1 Å². The minimum absolute atomic E-state index is 0.0815. The Morgan fingerprint density at radius 2 is 1.91 bits per heavy atom. The molecular formula is C19H14BrNOS. The number of halogens is 1. The van der Waals surface area contributed by atoms with Gasteiger partial charge in [-0.15, -0.1) is 11.3 Å². The molecule has 0 saturated heterocycles. The molecular weight excluding hydrogens is 370 g/mol. The Labute approximate surface area is 147 Å². The number of nitrogens with one attached hydrogen (secondary N) is 1. The molecule has 2 nitrogen and oxygen atoms in total. The number of carbonyl (C=O) groups is 1. The number of amides is 1. The first-order chi connectivity index (χ1) is 11.2. The number of fused-ring (bicyclic) bond motifs is 1. The number of benzene rings is 2. The minimum atomic E-state index is 0.0815. The van der Waals surface area contributed by atoms with Crippen molar-refractivity contribution < 1.29 is 4.79 Å². The molecule has 0 spiro atoms. The molecule has 2 heterocycles. The smallest absolute Gasteiger partial charge is 0.225 e. The van der Waals surface area contributed by atoms with Crippen LogP contribution in [-0.4, -0.2) is 5.91 Å². The summed E-state index contributed by atoms with van der Waals surface area (Å²) in [6.07, 6.45) is 0.498. The lowest BCUT2D eigenvalue weighted by Crippen LogP contribution is -2.22. The van der Waals surface area contributed by atoms with Crippen molar-refractivity contribution in [2.75, 3.05) is 5.32 Å². The average Bonchev–Trinajstić information content (AvgIpc) is 2.98. The van der Waals surface area contributed by atoms with Crippen molar-refractivity contribution in [2.24, 2.45) is 0 Å². The second-order valence-corrected chi connectivity index (χ2v) is 7.44. The van der Waals surface area contributed by atoms with E-state index in [2.05, 4.69) is 50.9 Å². The predicted molar refractivity (Wildman–Crippen MR) is 99.0 cm³/mol. The van der Waals surface area contributed by atoms with Gasteiger partial charge in [0.15, 0.2) is 0 Å². The Hall–Kier alpha value is -1.91. The monoisotopic (exact) mass is 383 g/mol. The van der Waals surface area contributed by atoms with Crippen molar-refractivity contribution in [1.29, 1.82) is 0 Å². The summed E-state index contributed by atoms with van der Waals surface area (Å²) in [4.78, 5) is 13.5. The second kappa shape index (κ2) is 5.95. The van der Waals surface area contributed by atoms with Crippen LogP contribution >= 0.6 is 27.3 Å². The standard InChI is InChI=1S/C19H14BrNOS/c20-14-8-4-7-13(9-14)15-10-17(22)21-18-16(11-23-19(15)18)12-5-2-1-3-6-12/h1-9,11,15H,10H2,(H,21,22). The lowest BCUT2D eigenvalue weighted by atomic mass is 9.89. The third-order valence-corrected chi connectivity index (χ3v) is 5.72. The number of rotatable bonds is 2. The molecule has 1 aliphatic rings. The zero-order valence-corrected chi connectivity index (χ0v) is 14.7. The van der Waals surface area contributed by atoms with Crippen LogP contribution in [0.5, 0.6) is 0 Å². The van der Waals surface area contributed by atoms with Crippen molar-refractivity contribution >= 4 is 38.9 Å². The first-order valence-corrected chi connectivity index (χ1v) is 9.12. The molecule has 2 aromatic carbocycles. The van der Waals surface area contributed by atoms with Crippen molar-refractivity contribution in [1.82, 2.24) is 0 Å². The molecule has 1 N–H and O–H groups in total. The van der Waals surface area contributed by atoms with Gasteiger partial charge in [-0.3, -0.25) is 4.79 Å². The highest BCUT2D eigenvalue weighted by Gasteiger charge is 2.30. The molecule has 0 saturated carbocycles. The SMILES string of the molecule is O=C1CC(c2cccc(Br)c2)c2scc(-c3ccccc3)c2N1. The minimum Gasteiger partial charge on any atom is -0.325 e. The van der Waals surface area contributed by atoms with Crippen LogP contribution in [0.1, 0.15) is 22.8 Å². The molecule has 114 valence electrons. The van der Waals surface area contributed by atoms with E-state index in [0.717, 1.165) is 21.3 Å². The third-order valence-electron chi connectivity index (χ3n) is 4.13. The van der Waals surface area contributed by atoms with Gasteiger partial charge in [0.2, 0.25) is 5.91 Å². The zero-order chi connectivity index (χ0) is 15.8. The molecule has 0 aliphatic carbocycles. The molecule has 0 bridgehead atoms. The number of hydrogen-bond acceptors (Lipinski definition) is 2. The van der Waals surface area contributed by atoms with Crippen LogP contribution in [0, 0.1) is 0 Å². The normalized spacial score (nSPS) is 16.7. The van der Waals surface area contributed by atoms with E-state index < -0.39 is 0 Å². The second-order valence-electron chi connectivity index (χ2n) is 5.61. The van der Waals surface area contributed by atoms with E-state index in [1.807, 2.05) is 30.3 Å². The molecule has 3 aromatic rings. The molecule has 23 heavy (non-hydrogen) atoms. The van der Waals surface area contributed by atoms with E-state index in [9.17, 15) is 4.79 Å². The zero-order valence-electron chi connectivity index (χ0n) is 12.3. The van der Waals surface area contributed by atoms with E-state index in [0.29, 0.717) is 6.42 Å². The van der Waals surface area contributed by atoms with Gasteiger partial charge in [0, 0.05) is 32.6 Å². The van der Waals surface area contributed by atoms with Gasteiger partial charge < -0.3 is 5.32 Å². The molecule has 1 aliphatic heterocycles. The van der Waals surface area contributed by atoms with Gasteiger partial charge in [0.1, 0.15) is 0 Å². The Bertz CT molecular complexity index is 872. The van der Waals surface area contributed by atoms with E-state index >= 15 is 0 Å². The first kappa shape index (κ1) is 14.7. The summed E-state index contributed by atoms with van der Waals surface area (Å²) in [6.45, 7) is 0. The molecule has 0 fully saturated rings. The number of thiophene rings is 1. The van der Waals surface area contributed by atoms with E-state index in [4.69, 9.17) is 0 Å². The van der Waals surface area contributed by atoms with E-state index in [1.165, 1.54) is 10.4 Å². The lowest BCUT2D eigenvalue weighted by Gasteiger charge is -2.24. The average molecular weight is 384 g/mol. The van der Waals surface area contributed by atoms with Gasteiger partial charge >= 0.3 is 0 Å². The van der Waals surface area contributed by atoms with Gasteiger partial charge in [0.05, 0.1) is 5.69 Å². The first-order valence-electron chi connectivity index (χ1n) is 7.44. The fourth-order valence-electron chi connectivity index (χ4n) is 3.05. The molecule has 4 heteroatoms. The van der Waals surface area contributed by atoms with Gasteiger partial charge in [-0.2, -0.15) is 0 Å². The van der Waals surface area contributed by atoms with Crippen LogP contribution in [-0.2, 0) is 4.79 Å². The summed E-state index contributed by atoms with van der Waals surface area (Å²) in [6, 6.07) is 18.5. The Kier molecular flexibility index (Phi) is 3.79. The highest BCUT2D eigenvalue weighted by atomic mass is 79.9. The highest BCUT2D eigenvalue weighted by Crippen LogP contribution is 2.46. The van der Waals surface area contributed by atoms with E-state index in [-0.39, 0.29) is 11.8 Å². The van der Waals surface area contributed by atoms with Crippen molar-refractivity contribution in [2.45, 2.75) is 12.3 Å². The van der Waals surface area contributed by atoms with Crippen LogP contribution < -0.4 is 5.32 Å². The van der Waals surface area contributed by atoms with Crippen LogP contribution in [0.3, 0.4) is 0 Å². The summed E-state index contributed by atoms with van der Waals surface area (Å²) in [5, 5.41) is 5.23. The largest absolute Gasteiger partial charge is 0.325 e. The quantitative estimate of drug-likeness (QED) is 0.608. The number of hydrogen-bond donors (Lipinski definition) is 1. The summed E-state index contributed by atoms with van der Waals surface area (Å²) < 4.78 is 1.04. The van der Waals surface area contributed by atoms with E-state index in [1.54, 1.807) is 11.3 Å². The molecule has 1 atom stereocenters. The van der Waals surface area contributed by atoms with Crippen LogP contribution in [0.25, 0.3) is 11.1 Å². The maximum Gasteiger partial charge on any atom is 0.225 e. The molecule has 4 rings (SSSR count). The lowest BCUT2D eigenvalue weighted by molar-refractivity contribution is -0.116. The van der Waals surface area contributed by atoms with Gasteiger partial charge in [-0.1, -0.05) is 58.4 Å². The maximum atomic E-state index is 12.3. The van der Waals surface area contributed by atoms with Crippen molar-refractivity contribution in [3.8, 4) is 11.1 Å². The molecule has 1 unspecified atom stereocenters. The molecule has 0 radical (unpaired) electrons. The number of carbonyl (C=O) groups excluding carboxylic acids is 1. The van der Waals surface area contributed by atoms with Crippen molar-refractivity contribution in [3.05, 3.63) is 74.9 Å². The Morgan fingerprint density at radius 3 is 2.70 bits per heavy atom. The molecule has 1 amide bonds. The van der Waals surface area contributed by atoms with Crippen molar-refractivity contribution in [3.63, 3.8) is 0 Å². The van der Waals surface area contributed by atoms with Gasteiger partial charge in [0.25, 0.3) is 0 Å². The fraction of sp³-hybridized carbons (Fsp3) is 0.105. The van der Waals surface area contributed by atoms with Gasteiger partial charge in [-0.05, 0) is 23.3 Å². The maximum absolute atomic E-state index is 12.3. The summed E-state index contributed by atoms with van der Waals surface area (Å²) in [5.74, 6) is 0.205. The summed E-state index contributed by atoms with van der Waals surface area (Å²) in [5.41, 5.74) is 4.40. The predicted octanol–water partition coefficient (Wildman–Crippen LogP) is 5.65. The summed E-state index contributed by atoms with van der Waals surface area (Å²) >= 11 is 5.26. The van der Waals surface area contributed by atoms with Crippen LogP contribution in [0.15, 0.2) is 64.5 Å². The Balaban J connectivity index is 1.83. The Morgan fingerprint density at radius 1 is 1.09 bits per heavy atom. The third kappa shape index (κ3) is 2.73. The van der Waals surface area contributed by atoms with Crippen LogP contribution in [0.2, 0.25) is 0 Å². The van der Waals surface area contributed by atoms with Gasteiger partial charge in [-0.25, -0.2) is 0 Å². The molecule has 1 aromatic heterocycles. The summed E-state index contributed by atoms with van der Waals surface area (Å²) in [7, 11) is 0.